The minimum atomic E-state index is -0.183. The molecule has 0 aromatic carbocycles. The number of hydrogen-bond donors (Lipinski definition) is 0. The van der Waals surface area contributed by atoms with Gasteiger partial charge in [0.05, 0.1) is 25.6 Å². The highest BCUT2D eigenvalue weighted by molar-refractivity contribution is 5.79. The van der Waals surface area contributed by atoms with Crippen LogP contribution >= 0.6 is 0 Å². The molecule has 0 spiro atoms. The fraction of sp³-hybridized carbons (Fsp3) is 0.455. The smallest absolute Gasteiger partial charge is 0.138 e. The molecular formula is C11H13NO3. The second-order valence-electron chi connectivity index (χ2n) is 3.48. The van der Waals surface area contributed by atoms with Crippen LogP contribution in [0.4, 0.5) is 0 Å². The Hall–Kier alpha value is -1.42. The molecule has 0 aliphatic carbocycles. The summed E-state index contributed by atoms with van der Waals surface area (Å²) in [6, 6.07) is 3.66. The molecule has 4 heteroatoms. The molecule has 1 atom stereocenters. The molecule has 1 fully saturated rings. The summed E-state index contributed by atoms with van der Waals surface area (Å²) in [7, 11) is 1.59. The van der Waals surface area contributed by atoms with E-state index < -0.39 is 0 Å². The van der Waals surface area contributed by atoms with Crippen molar-refractivity contribution in [1.29, 1.82) is 0 Å². The third-order valence-corrected chi connectivity index (χ3v) is 2.44. The molecule has 0 saturated carbocycles. The summed E-state index contributed by atoms with van der Waals surface area (Å²) in [5.74, 6) is 0.949. The summed E-state index contributed by atoms with van der Waals surface area (Å²) < 4.78 is 10.5. The zero-order valence-electron chi connectivity index (χ0n) is 8.60. The number of methoxy groups -OCH3 is 1. The molecule has 2 rings (SSSR count). The Morgan fingerprint density at radius 1 is 1.53 bits per heavy atom. The van der Waals surface area contributed by atoms with Gasteiger partial charge in [-0.25, -0.2) is 0 Å². The van der Waals surface area contributed by atoms with E-state index in [1.54, 1.807) is 13.3 Å². The Bertz CT molecular complexity index is 347. The van der Waals surface area contributed by atoms with Gasteiger partial charge in [0, 0.05) is 12.8 Å². The van der Waals surface area contributed by atoms with Crippen molar-refractivity contribution in [3.8, 4) is 5.75 Å². The quantitative estimate of drug-likeness (QED) is 0.737. The number of hydrogen-bond acceptors (Lipinski definition) is 4. The topological polar surface area (TPSA) is 48.4 Å². The molecule has 0 amide bonds. The normalized spacial score (nSPS) is 21.4. The van der Waals surface area contributed by atoms with Crippen molar-refractivity contribution >= 4 is 5.78 Å². The van der Waals surface area contributed by atoms with E-state index in [9.17, 15) is 4.79 Å². The summed E-state index contributed by atoms with van der Waals surface area (Å²) in [6.07, 6.45) is 2.40. The number of Topliss-reactive ketones (excluding diaryl/α,β-unsaturated/α-hetero) is 1. The number of aromatic nitrogens is 1. The predicted molar refractivity (Wildman–Crippen MR) is 53.7 cm³/mol. The first kappa shape index (κ1) is 10.1. The van der Waals surface area contributed by atoms with E-state index in [1.165, 1.54) is 0 Å². The maximum Gasteiger partial charge on any atom is 0.138 e. The molecule has 1 unspecified atom stereocenters. The fourth-order valence-electron chi connectivity index (χ4n) is 1.58. The number of carbonyl (C=O) groups excluding carboxylic acids is 1. The van der Waals surface area contributed by atoms with Gasteiger partial charge in [0.1, 0.15) is 17.6 Å². The Labute approximate surface area is 88.2 Å². The van der Waals surface area contributed by atoms with Crippen LogP contribution in [0.15, 0.2) is 18.3 Å². The second-order valence-corrected chi connectivity index (χ2v) is 3.48. The maximum atomic E-state index is 11.2. The molecule has 0 radical (unpaired) electrons. The van der Waals surface area contributed by atoms with E-state index >= 15 is 0 Å². The molecule has 1 saturated heterocycles. The summed E-state index contributed by atoms with van der Waals surface area (Å²) in [5.41, 5.74) is 0.795. The van der Waals surface area contributed by atoms with Gasteiger partial charge in [-0.15, -0.1) is 0 Å². The van der Waals surface area contributed by atoms with Gasteiger partial charge < -0.3 is 9.47 Å². The van der Waals surface area contributed by atoms with Gasteiger partial charge in [0.2, 0.25) is 0 Å². The maximum absolute atomic E-state index is 11.2. The number of nitrogens with zero attached hydrogens (tertiary/aromatic N) is 1. The van der Waals surface area contributed by atoms with E-state index in [-0.39, 0.29) is 11.9 Å². The van der Waals surface area contributed by atoms with Crippen molar-refractivity contribution in [3.63, 3.8) is 0 Å². The number of carbonyl (C=O) groups is 1. The molecule has 15 heavy (non-hydrogen) atoms. The number of ketones is 1. The SMILES string of the molecule is COc1ccc(C2CC(=O)CCO2)nc1. The summed E-state index contributed by atoms with van der Waals surface area (Å²) in [5, 5.41) is 0. The molecule has 1 aromatic heterocycles. The van der Waals surface area contributed by atoms with Crippen LogP contribution in [0.2, 0.25) is 0 Å². The van der Waals surface area contributed by atoms with Gasteiger partial charge in [0.15, 0.2) is 0 Å². The molecule has 0 N–H and O–H groups in total. The summed E-state index contributed by atoms with van der Waals surface area (Å²) in [4.78, 5) is 15.4. The number of ether oxygens (including phenoxy) is 2. The minimum absolute atomic E-state index is 0.183. The van der Waals surface area contributed by atoms with Crippen LogP contribution in [-0.4, -0.2) is 24.5 Å². The Balaban J connectivity index is 2.11. The fourth-order valence-corrected chi connectivity index (χ4v) is 1.58. The highest BCUT2D eigenvalue weighted by atomic mass is 16.5. The van der Waals surface area contributed by atoms with Crippen molar-refractivity contribution in [2.45, 2.75) is 18.9 Å². The van der Waals surface area contributed by atoms with Crippen molar-refractivity contribution in [2.75, 3.05) is 13.7 Å². The first-order valence-corrected chi connectivity index (χ1v) is 4.93. The lowest BCUT2D eigenvalue weighted by Gasteiger charge is -2.21. The largest absolute Gasteiger partial charge is 0.495 e. The van der Waals surface area contributed by atoms with E-state index in [0.717, 1.165) is 5.69 Å². The average Bonchev–Trinajstić information content (AvgIpc) is 2.29. The van der Waals surface area contributed by atoms with Gasteiger partial charge >= 0.3 is 0 Å². The lowest BCUT2D eigenvalue weighted by atomic mass is 10.0. The monoisotopic (exact) mass is 207 g/mol. The Morgan fingerprint density at radius 3 is 3.00 bits per heavy atom. The van der Waals surface area contributed by atoms with Crippen molar-refractivity contribution in [3.05, 3.63) is 24.0 Å². The predicted octanol–water partition coefficient (Wildman–Crippen LogP) is 1.51. The van der Waals surface area contributed by atoms with E-state index in [1.807, 2.05) is 12.1 Å². The minimum Gasteiger partial charge on any atom is -0.495 e. The van der Waals surface area contributed by atoms with Crippen LogP contribution in [0.25, 0.3) is 0 Å². The average molecular weight is 207 g/mol. The molecule has 1 aliphatic rings. The highest BCUT2D eigenvalue weighted by Gasteiger charge is 2.22. The van der Waals surface area contributed by atoms with E-state index in [0.29, 0.717) is 25.2 Å². The van der Waals surface area contributed by atoms with Crippen LogP contribution in [0.1, 0.15) is 24.6 Å². The van der Waals surface area contributed by atoms with Gasteiger partial charge in [-0.2, -0.15) is 0 Å². The number of pyridine rings is 1. The van der Waals surface area contributed by atoms with Crippen molar-refractivity contribution < 1.29 is 14.3 Å². The van der Waals surface area contributed by atoms with Gasteiger partial charge in [-0.1, -0.05) is 0 Å². The Kier molecular flexibility index (Phi) is 2.97. The van der Waals surface area contributed by atoms with Gasteiger partial charge in [-0.3, -0.25) is 9.78 Å². The zero-order chi connectivity index (χ0) is 10.7. The lowest BCUT2D eigenvalue weighted by Crippen LogP contribution is -2.20. The molecule has 0 bridgehead atoms. The third-order valence-electron chi connectivity index (χ3n) is 2.44. The molecule has 2 heterocycles. The van der Waals surface area contributed by atoms with Crippen LogP contribution in [0.5, 0.6) is 5.75 Å². The standard InChI is InChI=1S/C11H13NO3/c1-14-9-2-3-10(12-7-9)11-6-8(13)4-5-15-11/h2-3,7,11H,4-6H2,1H3. The molecular weight excluding hydrogens is 194 g/mol. The van der Waals surface area contributed by atoms with Gasteiger partial charge in [-0.05, 0) is 12.1 Å². The van der Waals surface area contributed by atoms with Gasteiger partial charge in [0.25, 0.3) is 0 Å². The van der Waals surface area contributed by atoms with Crippen LogP contribution in [-0.2, 0) is 9.53 Å². The van der Waals surface area contributed by atoms with Crippen molar-refractivity contribution in [2.24, 2.45) is 0 Å². The van der Waals surface area contributed by atoms with Crippen LogP contribution in [0.3, 0.4) is 0 Å². The van der Waals surface area contributed by atoms with Crippen LogP contribution < -0.4 is 4.74 Å². The van der Waals surface area contributed by atoms with E-state index in [4.69, 9.17) is 9.47 Å². The number of rotatable bonds is 2. The molecule has 1 aromatic rings. The molecule has 4 nitrogen and oxygen atoms in total. The highest BCUT2D eigenvalue weighted by Crippen LogP contribution is 2.25. The third kappa shape index (κ3) is 2.33. The lowest BCUT2D eigenvalue weighted by molar-refractivity contribution is -0.128. The molecule has 80 valence electrons. The van der Waals surface area contributed by atoms with Crippen LogP contribution in [0, 0.1) is 0 Å². The Morgan fingerprint density at radius 2 is 2.40 bits per heavy atom. The molecule has 1 aliphatic heterocycles. The van der Waals surface area contributed by atoms with Crippen molar-refractivity contribution in [1.82, 2.24) is 4.98 Å². The summed E-state index contributed by atoms with van der Waals surface area (Å²) >= 11 is 0. The summed E-state index contributed by atoms with van der Waals surface area (Å²) in [6.45, 7) is 0.497. The zero-order valence-corrected chi connectivity index (χ0v) is 8.60. The second kappa shape index (κ2) is 4.40. The first-order chi connectivity index (χ1) is 7.29. The van der Waals surface area contributed by atoms with E-state index in [2.05, 4.69) is 4.98 Å². The first-order valence-electron chi connectivity index (χ1n) is 4.93.